The van der Waals surface area contributed by atoms with Crippen molar-refractivity contribution in [3.05, 3.63) is 53.2 Å². The molecule has 0 aliphatic heterocycles. The zero-order valence-electron chi connectivity index (χ0n) is 12.2. The minimum atomic E-state index is -3.45. The molecule has 0 saturated heterocycles. The van der Waals surface area contributed by atoms with Gasteiger partial charge in [0.2, 0.25) is 14.2 Å². The van der Waals surface area contributed by atoms with Crippen LogP contribution in [0.3, 0.4) is 0 Å². The molecule has 0 atom stereocenters. The normalized spacial score (nSPS) is 11.7. The summed E-state index contributed by atoms with van der Waals surface area (Å²) < 4.78 is 26.6. The van der Waals surface area contributed by atoms with Crippen molar-refractivity contribution < 1.29 is 8.42 Å². The van der Waals surface area contributed by atoms with Gasteiger partial charge in [-0.15, -0.1) is 11.3 Å². The van der Waals surface area contributed by atoms with Crippen LogP contribution in [-0.4, -0.2) is 23.2 Å². The number of aromatic nitrogens is 3. The lowest BCUT2D eigenvalue weighted by atomic mass is 10.1. The number of hydrogen-bond acceptors (Lipinski definition) is 5. The third-order valence-corrected chi connectivity index (χ3v) is 6.34. The van der Waals surface area contributed by atoms with E-state index in [1.165, 1.54) is 0 Å². The average Bonchev–Trinajstić information content (AvgIpc) is 3.10. The molecule has 0 aliphatic rings. The Labute approximate surface area is 133 Å². The number of nitrogens with zero attached hydrogens (tertiary/aromatic N) is 3. The fraction of sp³-hybridized carbons (Fsp3) is 0.200. The van der Waals surface area contributed by atoms with Crippen molar-refractivity contribution in [1.29, 1.82) is 0 Å². The molecule has 0 saturated carbocycles. The van der Waals surface area contributed by atoms with Crippen LogP contribution in [0.5, 0.6) is 0 Å². The van der Waals surface area contributed by atoms with E-state index in [-0.39, 0.29) is 10.1 Å². The summed E-state index contributed by atoms with van der Waals surface area (Å²) >= 11 is 1.15. The van der Waals surface area contributed by atoms with Gasteiger partial charge >= 0.3 is 0 Å². The molecule has 0 aliphatic carbocycles. The molecule has 3 rings (SSSR count). The van der Waals surface area contributed by atoms with Crippen molar-refractivity contribution in [2.75, 3.05) is 0 Å². The molecule has 22 heavy (non-hydrogen) atoms. The van der Waals surface area contributed by atoms with Gasteiger partial charge in [-0.25, -0.2) is 13.4 Å². The molecule has 114 valence electrons. The summed E-state index contributed by atoms with van der Waals surface area (Å²) in [7, 11) is -1.73. The average molecular weight is 333 g/mol. The van der Waals surface area contributed by atoms with Gasteiger partial charge in [0.25, 0.3) is 0 Å². The van der Waals surface area contributed by atoms with Gasteiger partial charge in [0.15, 0.2) is 0 Å². The van der Waals surface area contributed by atoms with Gasteiger partial charge in [0.1, 0.15) is 0 Å². The van der Waals surface area contributed by atoms with Crippen LogP contribution in [0.1, 0.15) is 11.3 Å². The Hall–Kier alpha value is -1.99. The quantitative estimate of drug-likeness (QED) is 0.736. The van der Waals surface area contributed by atoms with Crippen LogP contribution >= 0.6 is 11.3 Å². The largest absolute Gasteiger partial charge is 0.272 e. The fourth-order valence-electron chi connectivity index (χ4n) is 2.06. The highest BCUT2D eigenvalue weighted by Gasteiger charge is 2.21. The fourth-order valence-corrected chi connectivity index (χ4v) is 4.55. The lowest BCUT2D eigenvalue weighted by Crippen LogP contribution is -2.08. The van der Waals surface area contributed by atoms with Gasteiger partial charge < -0.3 is 0 Å². The van der Waals surface area contributed by atoms with Crippen molar-refractivity contribution in [3.8, 4) is 11.3 Å². The molecule has 1 aromatic carbocycles. The van der Waals surface area contributed by atoms with Gasteiger partial charge in [-0.3, -0.25) is 4.68 Å². The molecule has 5 nitrogen and oxygen atoms in total. The molecule has 0 radical (unpaired) electrons. The second-order valence-electron chi connectivity index (χ2n) is 5.07. The van der Waals surface area contributed by atoms with Crippen LogP contribution in [0.25, 0.3) is 11.3 Å². The van der Waals surface area contributed by atoms with Crippen LogP contribution in [0.4, 0.5) is 0 Å². The number of benzene rings is 1. The topological polar surface area (TPSA) is 64.8 Å². The SMILES string of the molecule is Cc1ccc(-c2csc(S(=O)(=O)Cc3ccnn3C)n2)cc1. The zero-order valence-corrected chi connectivity index (χ0v) is 13.9. The highest BCUT2D eigenvalue weighted by atomic mass is 32.2. The molecular weight excluding hydrogens is 318 g/mol. The summed E-state index contributed by atoms with van der Waals surface area (Å²) in [6.45, 7) is 2.01. The van der Waals surface area contributed by atoms with Gasteiger partial charge in [-0.2, -0.15) is 5.10 Å². The molecule has 0 unspecified atom stereocenters. The van der Waals surface area contributed by atoms with E-state index >= 15 is 0 Å². The van der Waals surface area contributed by atoms with Gasteiger partial charge in [0, 0.05) is 24.2 Å². The van der Waals surface area contributed by atoms with Crippen LogP contribution in [-0.2, 0) is 22.6 Å². The van der Waals surface area contributed by atoms with Gasteiger partial charge in [0.05, 0.1) is 17.1 Å². The van der Waals surface area contributed by atoms with E-state index in [1.54, 1.807) is 29.4 Å². The first-order valence-electron chi connectivity index (χ1n) is 6.68. The minimum Gasteiger partial charge on any atom is -0.272 e. The summed E-state index contributed by atoms with van der Waals surface area (Å²) in [5.41, 5.74) is 3.41. The number of thiazole rings is 1. The highest BCUT2D eigenvalue weighted by molar-refractivity contribution is 7.92. The maximum atomic E-state index is 12.5. The Morgan fingerprint density at radius 1 is 1.18 bits per heavy atom. The molecular formula is C15H15N3O2S2. The Morgan fingerprint density at radius 2 is 1.91 bits per heavy atom. The maximum absolute atomic E-state index is 12.5. The van der Waals surface area contributed by atoms with E-state index in [4.69, 9.17) is 0 Å². The van der Waals surface area contributed by atoms with Crippen LogP contribution < -0.4 is 0 Å². The molecule has 0 fully saturated rings. The monoisotopic (exact) mass is 333 g/mol. The predicted octanol–water partition coefficient (Wildman–Crippen LogP) is 2.83. The smallest absolute Gasteiger partial charge is 0.211 e. The first kappa shape index (κ1) is 14.9. The Bertz CT molecular complexity index is 893. The number of rotatable bonds is 4. The maximum Gasteiger partial charge on any atom is 0.211 e. The number of sulfone groups is 1. The Morgan fingerprint density at radius 3 is 2.55 bits per heavy atom. The number of aryl methyl sites for hydroxylation is 2. The Kier molecular flexibility index (Phi) is 3.84. The zero-order chi connectivity index (χ0) is 15.7. The lowest BCUT2D eigenvalue weighted by molar-refractivity contribution is 0.591. The highest BCUT2D eigenvalue weighted by Crippen LogP contribution is 2.26. The summed E-state index contributed by atoms with van der Waals surface area (Å²) in [4.78, 5) is 4.29. The number of hydrogen-bond donors (Lipinski definition) is 0. The third-order valence-electron chi connectivity index (χ3n) is 3.36. The van der Waals surface area contributed by atoms with E-state index in [1.807, 2.05) is 31.2 Å². The molecule has 7 heteroatoms. The van der Waals surface area contributed by atoms with E-state index in [2.05, 4.69) is 10.1 Å². The first-order chi connectivity index (χ1) is 10.5. The molecule has 0 bridgehead atoms. The van der Waals surface area contributed by atoms with Crippen molar-refractivity contribution >= 4 is 21.2 Å². The molecule has 2 heterocycles. The summed E-state index contributed by atoms with van der Waals surface area (Å²) in [5, 5.41) is 5.77. The van der Waals surface area contributed by atoms with Crippen molar-refractivity contribution in [2.24, 2.45) is 7.05 Å². The van der Waals surface area contributed by atoms with E-state index in [0.29, 0.717) is 11.4 Å². The van der Waals surface area contributed by atoms with Crippen LogP contribution in [0.2, 0.25) is 0 Å². The molecule has 2 aromatic heterocycles. The van der Waals surface area contributed by atoms with Crippen molar-refractivity contribution in [1.82, 2.24) is 14.8 Å². The van der Waals surface area contributed by atoms with E-state index < -0.39 is 9.84 Å². The van der Waals surface area contributed by atoms with Crippen LogP contribution in [0.15, 0.2) is 46.2 Å². The van der Waals surface area contributed by atoms with E-state index in [0.717, 1.165) is 22.5 Å². The summed E-state index contributed by atoms with van der Waals surface area (Å²) in [6, 6.07) is 9.56. The van der Waals surface area contributed by atoms with Gasteiger partial charge in [-0.1, -0.05) is 29.8 Å². The summed E-state index contributed by atoms with van der Waals surface area (Å²) in [6.07, 6.45) is 1.59. The molecule has 3 aromatic rings. The Balaban J connectivity index is 1.89. The second kappa shape index (κ2) is 5.66. The molecule has 0 spiro atoms. The minimum absolute atomic E-state index is 0.0929. The lowest BCUT2D eigenvalue weighted by Gasteiger charge is -2.01. The van der Waals surface area contributed by atoms with Crippen LogP contribution in [0, 0.1) is 6.92 Å². The third kappa shape index (κ3) is 2.95. The van der Waals surface area contributed by atoms with Crippen molar-refractivity contribution in [2.45, 2.75) is 17.0 Å². The predicted molar refractivity (Wildman–Crippen MR) is 86.4 cm³/mol. The molecule has 0 N–H and O–H groups in total. The molecule has 0 amide bonds. The summed E-state index contributed by atoms with van der Waals surface area (Å²) in [5.74, 6) is -0.0929. The first-order valence-corrected chi connectivity index (χ1v) is 9.21. The second-order valence-corrected chi connectivity index (χ2v) is 8.09. The van der Waals surface area contributed by atoms with Crippen molar-refractivity contribution in [3.63, 3.8) is 0 Å². The van der Waals surface area contributed by atoms with E-state index in [9.17, 15) is 8.42 Å². The van der Waals surface area contributed by atoms with Gasteiger partial charge in [-0.05, 0) is 13.0 Å². The standard InChI is InChI=1S/C15H15N3O2S2/c1-11-3-5-12(6-4-11)14-9-21-15(17-14)22(19,20)10-13-7-8-16-18(13)2/h3-9H,10H2,1-2H3.